The van der Waals surface area contributed by atoms with E-state index in [1.54, 1.807) is 0 Å². The van der Waals surface area contributed by atoms with Crippen molar-refractivity contribution in [3.63, 3.8) is 0 Å². The summed E-state index contributed by atoms with van der Waals surface area (Å²) in [6, 6.07) is 0. The highest BCUT2D eigenvalue weighted by Crippen LogP contribution is 2.03. The Labute approximate surface area is 97.6 Å². The first-order chi connectivity index (χ1) is 7.24. The second kappa shape index (κ2) is 6.50. The lowest BCUT2D eigenvalue weighted by atomic mass is 10.1. The lowest BCUT2D eigenvalue weighted by Gasteiger charge is -2.10. The molecule has 1 N–H and O–H groups in total. The van der Waals surface area contributed by atoms with Crippen LogP contribution in [0.4, 0.5) is 0 Å². The second-order valence-electron chi connectivity index (χ2n) is 3.42. The zero-order chi connectivity index (χ0) is 11.1. The van der Waals surface area contributed by atoms with Crippen molar-refractivity contribution >= 4 is 21.8 Å². The first-order valence-corrected chi connectivity index (χ1v) is 5.95. The summed E-state index contributed by atoms with van der Waals surface area (Å²) in [5, 5.41) is 3.80. The van der Waals surface area contributed by atoms with E-state index < -0.39 is 0 Å². The highest BCUT2D eigenvalue weighted by Gasteiger charge is 2.07. The Kier molecular flexibility index (Phi) is 5.25. The number of amides is 1. The van der Waals surface area contributed by atoms with Crippen LogP contribution in [0.1, 0.15) is 23.7 Å². The van der Waals surface area contributed by atoms with Crippen LogP contribution in [0.15, 0.2) is 18.7 Å². The van der Waals surface area contributed by atoms with Gasteiger partial charge in [0.25, 0.3) is 5.91 Å². The fraction of sp³-hybridized carbons (Fsp3) is 0.500. The van der Waals surface area contributed by atoms with Gasteiger partial charge in [0.1, 0.15) is 6.33 Å². The van der Waals surface area contributed by atoms with Gasteiger partial charge in [-0.3, -0.25) is 4.79 Å². The third kappa shape index (κ3) is 4.38. The number of aromatic nitrogens is 2. The van der Waals surface area contributed by atoms with Crippen LogP contribution in [0, 0.1) is 5.92 Å². The minimum Gasteiger partial charge on any atom is -0.352 e. The molecular formula is C10H14BrN3O. The molecule has 0 saturated carbocycles. The molecule has 0 fully saturated rings. The molecule has 5 heteroatoms. The van der Waals surface area contributed by atoms with E-state index in [0.717, 1.165) is 11.8 Å². The summed E-state index contributed by atoms with van der Waals surface area (Å²) in [6.45, 7) is 2.78. The summed E-state index contributed by atoms with van der Waals surface area (Å²) in [5.41, 5.74) is 0.503. The zero-order valence-electron chi connectivity index (χ0n) is 8.61. The van der Waals surface area contributed by atoms with Crippen LogP contribution in [0.3, 0.4) is 0 Å². The molecule has 0 spiro atoms. The maximum Gasteiger partial charge on any atom is 0.254 e. The molecular weight excluding hydrogens is 258 g/mol. The molecule has 0 saturated heterocycles. The molecule has 4 nitrogen and oxygen atoms in total. The van der Waals surface area contributed by atoms with Crippen LogP contribution in [-0.4, -0.2) is 27.7 Å². The minimum atomic E-state index is -0.114. The fourth-order valence-corrected chi connectivity index (χ4v) is 1.86. The van der Waals surface area contributed by atoms with Crippen LogP contribution in [-0.2, 0) is 0 Å². The summed E-state index contributed by atoms with van der Waals surface area (Å²) < 4.78 is 0. The maximum atomic E-state index is 11.6. The Morgan fingerprint density at radius 3 is 2.80 bits per heavy atom. The summed E-state index contributed by atoms with van der Waals surface area (Å²) in [5.74, 6) is 0.356. The monoisotopic (exact) mass is 271 g/mol. The second-order valence-corrected chi connectivity index (χ2v) is 4.21. The van der Waals surface area contributed by atoms with Gasteiger partial charge >= 0.3 is 0 Å². The van der Waals surface area contributed by atoms with Gasteiger partial charge in [-0.2, -0.15) is 0 Å². The maximum absolute atomic E-state index is 11.6. The van der Waals surface area contributed by atoms with Gasteiger partial charge in [0.15, 0.2) is 0 Å². The molecule has 1 aromatic heterocycles. The highest BCUT2D eigenvalue weighted by molar-refractivity contribution is 9.09. The van der Waals surface area contributed by atoms with Crippen molar-refractivity contribution in [1.82, 2.24) is 15.3 Å². The molecule has 0 bridgehead atoms. The third-order valence-corrected chi connectivity index (χ3v) is 2.49. The van der Waals surface area contributed by atoms with Gasteiger partial charge in [-0.1, -0.05) is 22.9 Å². The van der Waals surface area contributed by atoms with Crippen LogP contribution in [0.5, 0.6) is 0 Å². The van der Waals surface area contributed by atoms with E-state index in [-0.39, 0.29) is 5.91 Å². The first-order valence-electron chi connectivity index (χ1n) is 4.83. The molecule has 0 radical (unpaired) electrons. The van der Waals surface area contributed by atoms with Crippen LogP contribution in [0.2, 0.25) is 0 Å². The molecule has 1 atom stereocenters. The highest BCUT2D eigenvalue weighted by atomic mass is 79.9. The molecule has 1 heterocycles. The van der Waals surface area contributed by atoms with Crippen LogP contribution >= 0.6 is 15.9 Å². The number of carbonyl (C=O) groups is 1. The summed E-state index contributed by atoms with van der Waals surface area (Å²) >= 11 is 3.37. The molecule has 15 heavy (non-hydrogen) atoms. The average Bonchev–Trinajstić information content (AvgIpc) is 2.27. The normalized spacial score (nSPS) is 12.1. The largest absolute Gasteiger partial charge is 0.352 e. The number of rotatable bonds is 5. The van der Waals surface area contributed by atoms with Crippen molar-refractivity contribution in [2.75, 3.05) is 11.9 Å². The zero-order valence-corrected chi connectivity index (χ0v) is 10.2. The molecule has 1 unspecified atom stereocenters. The number of carbonyl (C=O) groups excluding carboxylic acids is 1. The number of nitrogens with zero attached hydrogens (tertiary/aromatic N) is 2. The van der Waals surface area contributed by atoms with Crippen molar-refractivity contribution in [1.29, 1.82) is 0 Å². The van der Waals surface area contributed by atoms with Gasteiger partial charge in [0, 0.05) is 24.3 Å². The number of alkyl halides is 1. The lowest BCUT2D eigenvalue weighted by Crippen LogP contribution is -2.28. The van der Waals surface area contributed by atoms with Gasteiger partial charge in [-0.25, -0.2) is 9.97 Å². The van der Waals surface area contributed by atoms with Crippen LogP contribution in [0.25, 0.3) is 0 Å². The lowest BCUT2D eigenvalue weighted by molar-refractivity contribution is 0.0947. The summed E-state index contributed by atoms with van der Waals surface area (Å²) in [6.07, 6.45) is 5.48. The number of hydrogen-bond donors (Lipinski definition) is 1. The van der Waals surface area contributed by atoms with Crippen LogP contribution < -0.4 is 5.32 Å². The van der Waals surface area contributed by atoms with E-state index >= 15 is 0 Å². The fourth-order valence-electron chi connectivity index (χ4n) is 1.07. The molecule has 0 aliphatic carbocycles. The molecule has 0 aromatic carbocycles. The van der Waals surface area contributed by atoms with Gasteiger partial charge in [0.05, 0.1) is 5.56 Å². The van der Waals surface area contributed by atoms with Crippen molar-refractivity contribution in [2.45, 2.75) is 13.3 Å². The minimum absolute atomic E-state index is 0.114. The van der Waals surface area contributed by atoms with E-state index in [4.69, 9.17) is 0 Å². The summed E-state index contributed by atoms with van der Waals surface area (Å²) in [4.78, 5) is 19.1. The Morgan fingerprint density at radius 1 is 1.53 bits per heavy atom. The van der Waals surface area contributed by atoms with E-state index in [1.807, 2.05) is 0 Å². The third-order valence-electron chi connectivity index (χ3n) is 2.04. The first kappa shape index (κ1) is 12.1. The molecule has 82 valence electrons. The predicted molar refractivity (Wildman–Crippen MR) is 61.9 cm³/mol. The SMILES string of the molecule is CC(CCBr)CNC(=O)c1cncnc1. The molecule has 0 aliphatic heterocycles. The van der Waals surface area contributed by atoms with E-state index in [1.165, 1.54) is 18.7 Å². The smallest absolute Gasteiger partial charge is 0.254 e. The quantitative estimate of drug-likeness (QED) is 0.829. The standard InChI is InChI=1S/C10H14BrN3O/c1-8(2-3-11)4-14-10(15)9-5-12-7-13-6-9/h5-8H,2-4H2,1H3,(H,14,15). The van der Waals surface area contributed by atoms with Gasteiger partial charge in [-0.05, 0) is 12.3 Å². The van der Waals surface area contributed by atoms with Crippen molar-refractivity contribution in [3.8, 4) is 0 Å². The average molecular weight is 272 g/mol. The van der Waals surface area contributed by atoms with Crippen molar-refractivity contribution in [2.24, 2.45) is 5.92 Å². The summed E-state index contributed by atoms with van der Waals surface area (Å²) in [7, 11) is 0. The van der Waals surface area contributed by atoms with Gasteiger partial charge < -0.3 is 5.32 Å². The topological polar surface area (TPSA) is 54.9 Å². The Morgan fingerprint density at radius 2 is 2.20 bits per heavy atom. The van der Waals surface area contributed by atoms with Crippen molar-refractivity contribution in [3.05, 3.63) is 24.3 Å². The van der Waals surface area contributed by atoms with E-state index in [9.17, 15) is 4.79 Å². The van der Waals surface area contributed by atoms with E-state index in [2.05, 4.69) is 38.1 Å². The Hall–Kier alpha value is -0.970. The molecule has 1 rings (SSSR count). The number of hydrogen-bond acceptors (Lipinski definition) is 3. The molecule has 0 aliphatic rings. The Bertz CT molecular complexity index is 305. The van der Waals surface area contributed by atoms with Gasteiger partial charge in [-0.15, -0.1) is 0 Å². The molecule has 1 aromatic rings. The number of halogens is 1. The predicted octanol–water partition coefficient (Wildman–Crippen LogP) is 1.63. The Balaban J connectivity index is 2.37. The van der Waals surface area contributed by atoms with Gasteiger partial charge in [0.2, 0.25) is 0 Å². The number of nitrogens with one attached hydrogen (secondary N) is 1. The molecule has 1 amide bonds. The van der Waals surface area contributed by atoms with E-state index in [0.29, 0.717) is 18.0 Å². The van der Waals surface area contributed by atoms with Crippen molar-refractivity contribution < 1.29 is 4.79 Å².